The average molecular weight is 196 g/mol. The molecule has 1 N–H and O–H groups in total. The molecule has 0 fully saturated rings. The van der Waals surface area contributed by atoms with Crippen LogP contribution in [0, 0.1) is 6.92 Å². The van der Waals surface area contributed by atoms with Crippen LogP contribution in [0.1, 0.15) is 17.2 Å². The van der Waals surface area contributed by atoms with Crippen LogP contribution in [0.5, 0.6) is 0 Å². The molecular weight excluding hydrogens is 180 g/mol. The highest BCUT2D eigenvalue weighted by atomic mass is 16.7. The third-order valence-electron chi connectivity index (χ3n) is 2.11. The number of ether oxygens (including phenoxy) is 2. The van der Waals surface area contributed by atoms with Crippen LogP contribution in [0.3, 0.4) is 0 Å². The zero-order valence-electron chi connectivity index (χ0n) is 8.73. The van der Waals surface area contributed by atoms with Crippen molar-refractivity contribution < 1.29 is 14.6 Å². The highest BCUT2D eigenvalue weighted by molar-refractivity contribution is 5.24. The summed E-state index contributed by atoms with van der Waals surface area (Å²) in [6.45, 7) is 1.98. The second-order valence-electron chi connectivity index (χ2n) is 3.20. The Hall–Kier alpha value is -0.900. The minimum Gasteiger partial charge on any atom is -0.383 e. The van der Waals surface area contributed by atoms with Crippen LogP contribution in [-0.2, 0) is 9.47 Å². The van der Waals surface area contributed by atoms with Gasteiger partial charge < -0.3 is 14.6 Å². The molecular formula is C11H16O3. The lowest BCUT2D eigenvalue weighted by Gasteiger charge is -2.20. The fourth-order valence-corrected chi connectivity index (χ4v) is 1.37. The van der Waals surface area contributed by atoms with E-state index in [0.717, 1.165) is 11.1 Å². The number of benzene rings is 1. The molecule has 14 heavy (non-hydrogen) atoms. The van der Waals surface area contributed by atoms with Crippen LogP contribution in [0.2, 0.25) is 0 Å². The Kier molecular flexibility index (Phi) is 4.07. The maximum atomic E-state index is 9.85. The molecule has 0 bridgehead atoms. The molecule has 0 amide bonds. The van der Waals surface area contributed by atoms with E-state index in [1.807, 2.05) is 31.2 Å². The second kappa shape index (κ2) is 5.10. The van der Waals surface area contributed by atoms with Crippen molar-refractivity contribution in [2.24, 2.45) is 0 Å². The lowest BCUT2D eigenvalue weighted by atomic mass is 10.1. The molecule has 1 aromatic rings. The molecule has 0 saturated carbocycles. The van der Waals surface area contributed by atoms with Gasteiger partial charge >= 0.3 is 0 Å². The first kappa shape index (κ1) is 11.2. The third-order valence-corrected chi connectivity index (χ3v) is 2.11. The topological polar surface area (TPSA) is 38.7 Å². The molecule has 1 unspecified atom stereocenters. The van der Waals surface area contributed by atoms with Crippen molar-refractivity contribution >= 4 is 0 Å². The molecule has 0 aromatic heterocycles. The molecule has 0 aliphatic carbocycles. The van der Waals surface area contributed by atoms with Gasteiger partial charge in [-0.15, -0.1) is 0 Å². The van der Waals surface area contributed by atoms with E-state index in [1.165, 1.54) is 14.2 Å². The summed E-state index contributed by atoms with van der Waals surface area (Å²) in [4.78, 5) is 0. The zero-order valence-corrected chi connectivity index (χ0v) is 8.73. The van der Waals surface area contributed by atoms with Gasteiger partial charge in [-0.3, -0.25) is 0 Å². The van der Waals surface area contributed by atoms with Gasteiger partial charge in [0.2, 0.25) is 0 Å². The third kappa shape index (κ3) is 2.54. The minimum absolute atomic E-state index is 0.614. The molecule has 0 aliphatic rings. The smallest absolute Gasteiger partial charge is 0.187 e. The fraction of sp³-hybridized carbons (Fsp3) is 0.455. The van der Waals surface area contributed by atoms with E-state index in [-0.39, 0.29) is 0 Å². The van der Waals surface area contributed by atoms with Gasteiger partial charge in [0.25, 0.3) is 0 Å². The minimum atomic E-state index is -0.745. The number of methoxy groups -OCH3 is 2. The first-order chi connectivity index (χ1) is 6.69. The van der Waals surface area contributed by atoms with E-state index in [1.54, 1.807) is 0 Å². The molecule has 78 valence electrons. The molecule has 0 heterocycles. The van der Waals surface area contributed by atoms with Gasteiger partial charge in [0.1, 0.15) is 6.10 Å². The summed E-state index contributed by atoms with van der Waals surface area (Å²) in [5.74, 6) is 0. The normalized spacial score (nSPS) is 13.2. The van der Waals surface area contributed by atoms with Crippen LogP contribution in [0.25, 0.3) is 0 Å². The maximum Gasteiger partial charge on any atom is 0.187 e. The van der Waals surface area contributed by atoms with Crippen LogP contribution < -0.4 is 0 Å². The van der Waals surface area contributed by atoms with Crippen LogP contribution >= 0.6 is 0 Å². The van der Waals surface area contributed by atoms with Gasteiger partial charge in [-0.25, -0.2) is 0 Å². The maximum absolute atomic E-state index is 9.85. The van der Waals surface area contributed by atoms with E-state index in [9.17, 15) is 5.11 Å². The first-order valence-corrected chi connectivity index (χ1v) is 4.49. The molecule has 3 heteroatoms. The Bertz CT molecular complexity index is 282. The number of aliphatic hydroxyl groups is 1. The molecule has 0 radical (unpaired) electrons. The van der Waals surface area contributed by atoms with E-state index in [4.69, 9.17) is 9.47 Å². The van der Waals surface area contributed by atoms with E-state index in [0.29, 0.717) is 0 Å². The first-order valence-electron chi connectivity index (χ1n) is 4.49. The number of hydrogen-bond donors (Lipinski definition) is 1. The number of rotatable bonds is 4. The summed E-state index contributed by atoms with van der Waals surface area (Å²) in [6.07, 6.45) is -1.36. The van der Waals surface area contributed by atoms with E-state index in [2.05, 4.69) is 0 Å². The van der Waals surface area contributed by atoms with Crippen molar-refractivity contribution in [1.29, 1.82) is 0 Å². The second-order valence-corrected chi connectivity index (χ2v) is 3.20. The quantitative estimate of drug-likeness (QED) is 0.744. The van der Waals surface area contributed by atoms with Crippen molar-refractivity contribution in [3.05, 3.63) is 35.4 Å². The summed E-state index contributed by atoms with van der Waals surface area (Å²) >= 11 is 0. The zero-order chi connectivity index (χ0) is 10.6. The molecule has 1 rings (SSSR count). The van der Waals surface area contributed by atoms with Gasteiger partial charge in [-0.1, -0.05) is 29.8 Å². The molecule has 1 atom stereocenters. The number of aryl methyl sites for hydroxylation is 1. The standard InChI is InChI=1S/C11H16O3/c1-8-5-4-6-9(7-8)10(12)11(13-2)14-3/h4-7,10-12H,1-3H3. The number of aliphatic hydroxyl groups excluding tert-OH is 1. The van der Waals surface area contributed by atoms with Gasteiger partial charge in [0.15, 0.2) is 6.29 Å². The Morgan fingerprint density at radius 3 is 2.36 bits per heavy atom. The van der Waals surface area contributed by atoms with Gasteiger partial charge in [-0.05, 0) is 12.5 Å². The Labute approximate surface area is 84.3 Å². The molecule has 0 aliphatic heterocycles. The Morgan fingerprint density at radius 1 is 1.21 bits per heavy atom. The van der Waals surface area contributed by atoms with Crippen LogP contribution in [0.4, 0.5) is 0 Å². The van der Waals surface area contributed by atoms with Crippen LogP contribution in [-0.4, -0.2) is 25.6 Å². The summed E-state index contributed by atoms with van der Waals surface area (Å²) in [7, 11) is 3.01. The molecule has 1 aromatic carbocycles. The van der Waals surface area contributed by atoms with Crippen molar-refractivity contribution in [2.75, 3.05) is 14.2 Å². The lowest BCUT2D eigenvalue weighted by molar-refractivity contribution is -0.166. The largest absolute Gasteiger partial charge is 0.383 e. The fourth-order valence-electron chi connectivity index (χ4n) is 1.37. The Morgan fingerprint density at radius 2 is 1.86 bits per heavy atom. The molecule has 0 spiro atoms. The lowest BCUT2D eigenvalue weighted by Crippen LogP contribution is -2.22. The molecule has 0 saturated heterocycles. The molecule has 3 nitrogen and oxygen atoms in total. The van der Waals surface area contributed by atoms with Crippen molar-refractivity contribution in [3.8, 4) is 0 Å². The van der Waals surface area contributed by atoms with E-state index >= 15 is 0 Å². The van der Waals surface area contributed by atoms with Gasteiger partial charge in [-0.2, -0.15) is 0 Å². The van der Waals surface area contributed by atoms with Crippen molar-refractivity contribution in [2.45, 2.75) is 19.3 Å². The van der Waals surface area contributed by atoms with Crippen LogP contribution in [0.15, 0.2) is 24.3 Å². The summed E-state index contributed by atoms with van der Waals surface area (Å²) in [5.41, 5.74) is 1.91. The van der Waals surface area contributed by atoms with Gasteiger partial charge in [0, 0.05) is 14.2 Å². The monoisotopic (exact) mass is 196 g/mol. The average Bonchev–Trinajstić information content (AvgIpc) is 2.19. The predicted molar refractivity (Wildman–Crippen MR) is 53.9 cm³/mol. The highest BCUT2D eigenvalue weighted by Gasteiger charge is 2.19. The van der Waals surface area contributed by atoms with Crippen molar-refractivity contribution in [1.82, 2.24) is 0 Å². The van der Waals surface area contributed by atoms with E-state index < -0.39 is 12.4 Å². The van der Waals surface area contributed by atoms with Crippen molar-refractivity contribution in [3.63, 3.8) is 0 Å². The Balaban J connectivity index is 2.82. The number of hydrogen-bond acceptors (Lipinski definition) is 3. The predicted octanol–water partition coefficient (Wildman–Crippen LogP) is 1.65. The SMILES string of the molecule is COC(OC)C(O)c1cccc(C)c1. The highest BCUT2D eigenvalue weighted by Crippen LogP contribution is 2.19. The summed E-state index contributed by atoms with van der Waals surface area (Å²) in [6, 6.07) is 7.64. The van der Waals surface area contributed by atoms with Gasteiger partial charge in [0.05, 0.1) is 0 Å². The summed E-state index contributed by atoms with van der Waals surface area (Å²) in [5, 5.41) is 9.85. The summed E-state index contributed by atoms with van der Waals surface area (Å²) < 4.78 is 9.97.